The van der Waals surface area contributed by atoms with Gasteiger partial charge in [-0.2, -0.15) is 0 Å². The van der Waals surface area contributed by atoms with E-state index in [1.807, 2.05) is 19.1 Å². The Morgan fingerprint density at radius 1 is 0.800 bits per heavy atom. The van der Waals surface area contributed by atoms with Crippen LogP contribution in [0.1, 0.15) is 56.9 Å². The van der Waals surface area contributed by atoms with Gasteiger partial charge in [-0.15, -0.1) is 22.7 Å². The number of carbonyl (C=O) groups is 2. The summed E-state index contributed by atoms with van der Waals surface area (Å²) in [4.78, 5) is 30.0. The number of benzene rings is 5. The van der Waals surface area contributed by atoms with Crippen molar-refractivity contribution in [1.82, 2.24) is 4.58 Å². The van der Waals surface area contributed by atoms with Crippen LogP contribution < -0.4 is 44.6 Å². The quantitative estimate of drug-likeness (QED) is 0.159. The number of likely N-dealkylation sites (N-methyl/N-ethyl adjacent to an activating group) is 1. The molecule has 302 valence electrons. The zero-order chi connectivity index (χ0) is 42.0. The van der Waals surface area contributed by atoms with E-state index in [-0.39, 0.29) is 16.8 Å². The molecule has 7 aromatic rings. The molecule has 0 spiro atoms. The van der Waals surface area contributed by atoms with Gasteiger partial charge in [-0.05, 0) is 68.1 Å². The third kappa shape index (κ3) is 5.51. The summed E-state index contributed by atoms with van der Waals surface area (Å²) < 4.78 is 17.8. The Kier molecular flexibility index (Phi) is 8.51. The Morgan fingerprint density at radius 3 is 2.13 bits per heavy atom. The minimum absolute atomic E-state index is 0.222. The lowest BCUT2D eigenvalue weighted by Crippen LogP contribution is -2.46. The third-order valence-electron chi connectivity index (χ3n) is 12.9. The fraction of sp³-hybridized carbons (Fsp3) is 0.245. The number of carbonyl (C=O) groups excluding carboxylic acids is 2. The van der Waals surface area contributed by atoms with Gasteiger partial charge in [0.1, 0.15) is 30.9 Å². The lowest BCUT2D eigenvalue weighted by Gasteiger charge is -2.43. The maximum absolute atomic E-state index is 11.8. The van der Waals surface area contributed by atoms with Crippen molar-refractivity contribution in [2.75, 3.05) is 43.6 Å². The molecule has 0 fully saturated rings. The minimum atomic E-state index is -1.39. The van der Waals surface area contributed by atoms with Crippen LogP contribution in [0.4, 0.5) is 11.4 Å². The topological polar surface area (TPSA) is 108 Å². The second-order valence-electron chi connectivity index (χ2n) is 16.8. The molecule has 0 aliphatic carbocycles. The SMILES string of the molecule is CCN(CC(=O)[O-])c1ccc(C2=c3cc4c(cc3Oc3cc5c(cc32)-c2sc3ccccc3c2C(C)(C)N5C)=[N+](C)C(C)(C)c2c-4sc3ccccc23)cc1OCC(=O)[O-]. The number of carboxylic acid groups (broad SMARTS) is 2. The first-order chi connectivity index (χ1) is 28.7. The van der Waals surface area contributed by atoms with Crippen molar-refractivity contribution in [2.45, 2.75) is 45.7 Å². The number of rotatable bonds is 8. The number of carboxylic acids is 2. The smallest absolute Gasteiger partial charge is 0.212 e. The van der Waals surface area contributed by atoms with Crippen LogP contribution in [0.5, 0.6) is 17.2 Å². The maximum Gasteiger partial charge on any atom is 0.212 e. The molecule has 0 saturated heterocycles. The van der Waals surface area contributed by atoms with Gasteiger partial charge in [-0.25, -0.2) is 4.58 Å². The van der Waals surface area contributed by atoms with Gasteiger partial charge in [0.15, 0.2) is 5.54 Å². The van der Waals surface area contributed by atoms with Gasteiger partial charge in [0.2, 0.25) is 5.36 Å². The first-order valence-electron chi connectivity index (χ1n) is 20.0. The molecular formula is C49H42N3O6S2-. The van der Waals surface area contributed by atoms with E-state index in [1.165, 1.54) is 41.1 Å². The van der Waals surface area contributed by atoms with Crippen LogP contribution in [0.2, 0.25) is 0 Å². The number of thiophene rings is 2. The lowest BCUT2D eigenvalue weighted by molar-refractivity contribution is -0.308. The average molecular weight is 833 g/mol. The van der Waals surface area contributed by atoms with Crippen molar-refractivity contribution in [3.05, 3.63) is 124 Å². The summed E-state index contributed by atoms with van der Waals surface area (Å²) in [5, 5.41) is 28.0. The molecule has 5 aromatic carbocycles. The van der Waals surface area contributed by atoms with E-state index in [0.717, 1.165) is 44.1 Å². The van der Waals surface area contributed by atoms with E-state index in [1.54, 1.807) is 33.6 Å². The number of nitrogens with zero attached hydrogens (tertiary/aromatic N) is 3. The molecule has 5 heterocycles. The Morgan fingerprint density at radius 2 is 1.47 bits per heavy atom. The van der Waals surface area contributed by atoms with Crippen LogP contribution in [0.3, 0.4) is 0 Å². The molecule has 0 bridgehead atoms. The highest BCUT2D eigenvalue weighted by Crippen LogP contribution is 2.56. The standard InChI is InChI=1S/C49H43N3O6S2/c1-8-52(24-41(53)54)33-18-17-26(19-38(33)57-25-42(55)56)43-31-20-29-34(50(6)48(2,3)44-27-13-9-11-15-39(27)59-46(29)44)22-36(31)58-37-23-35-30(21-32(37)43)47-45(49(4,5)51(35)7)28-14-10-12-16-40(28)60-47/h9-23H,8,24-25H2,1-7H3,(H-,53,54,55,56)/p-1. The van der Waals surface area contributed by atoms with Crippen LogP contribution in [-0.4, -0.2) is 45.7 Å². The number of hydrogen-bond donors (Lipinski definition) is 0. The molecule has 2 aromatic heterocycles. The average Bonchev–Trinajstić information content (AvgIpc) is 3.82. The van der Waals surface area contributed by atoms with Gasteiger partial charge in [0.25, 0.3) is 0 Å². The van der Waals surface area contributed by atoms with Crippen molar-refractivity contribution < 1.29 is 29.3 Å². The van der Waals surface area contributed by atoms with Crippen LogP contribution in [0.25, 0.3) is 46.6 Å². The highest BCUT2D eigenvalue weighted by atomic mass is 32.1. The Balaban J connectivity index is 1.30. The second-order valence-corrected chi connectivity index (χ2v) is 18.9. The lowest BCUT2D eigenvalue weighted by atomic mass is 9.81. The van der Waals surface area contributed by atoms with E-state index < -0.39 is 25.1 Å². The summed E-state index contributed by atoms with van der Waals surface area (Å²) in [6, 6.07) is 31.5. The van der Waals surface area contributed by atoms with Crippen molar-refractivity contribution >= 4 is 71.7 Å². The molecule has 9 nitrogen and oxygen atoms in total. The zero-order valence-electron chi connectivity index (χ0n) is 34.4. The monoisotopic (exact) mass is 832 g/mol. The molecule has 10 rings (SSSR count). The van der Waals surface area contributed by atoms with Crippen molar-refractivity contribution in [3.63, 3.8) is 0 Å². The van der Waals surface area contributed by atoms with Gasteiger partial charge in [-0.3, -0.25) is 0 Å². The number of fused-ring (bicyclic) bond motifs is 12. The number of hydrogen-bond acceptors (Lipinski definition) is 10. The Hall–Kier alpha value is -6.17. The van der Waals surface area contributed by atoms with Gasteiger partial charge < -0.3 is 39.1 Å². The number of ether oxygens (including phenoxy) is 2. The molecule has 0 amide bonds. The summed E-state index contributed by atoms with van der Waals surface area (Å²) in [5.74, 6) is -1.04. The number of anilines is 2. The van der Waals surface area contributed by atoms with Gasteiger partial charge in [0, 0.05) is 91.9 Å². The van der Waals surface area contributed by atoms with Gasteiger partial charge >= 0.3 is 0 Å². The largest absolute Gasteiger partial charge is 0.548 e. The van der Waals surface area contributed by atoms with E-state index in [0.29, 0.717) is 23.7 Å². The van der Waals surface area contributed by atoms with Crippen LogP contribution in [0, 0.1) is 0 Å². The van der Waals surface area contributed by atoms with Crippen molar-refractivity contribution in [2.24, 2.45) is 0 Å². The summed E-state index contributed by atoms with van der Waals surface area (Å²) in [6.07, 6.45) is 0. The molecule has 0 atom stereocenters. The first kappa shape index (κ1) is 38.1. The van der Waals surface area contributed by atoms with Gasteiger partial charge in [-0.1, -0.05) is 42.5 Å². The predicted octanol–water partition coefficient (Wildman–Crippen LogP) is 6.56. The molecule has 60 heavy (non-hydrogen) atoms. The van der Waals surface area contributed by atoms with Crippen molar-refractivity contribution in [1.29, 1.82) is 0 Å². The van der Waals surface area contributed by atoms with Crippen LogP contribution in [0.15, 0.2) is 91.0 Å². The molecule has 3 aliphatic heterocycles. The third-order valence-corrected chi connectivity index (χ3v) is 15.3. The van der Waals surface area contributed by atoms with E-state index in [2.05, 4.69) is 124 Å². The molecular weight excluding hydrogens is 791 g/mol. The molecule has 3 aliphatic rings. The normalized spacial score (nSPS) is 15.3. The highest BCUT2D eigenvalue weighted by Gasteiger charge is 2.43. The van der Waals surface area contributed by atoms with Gasteiger partial charge in [0.05, 0.1) is 46.2 Å². The van der Waals surface area contributed by atoms with E-state index in [4.69, 9.17) is 9.47 Å². The molecule has 0 unspecified atom stereocenters. The highest BCUT2D eigenvalue weighted by molar-refractivity contribution is 7.23. The van der Waals surface area contributed by atoms with E-state index >= 15 is 0 Å². The van der Waals surface area contributed by atoms with Crippen LogP contribution in [-0.2, 0) is 20.7 Å². The summed E-state index contributed by atoms with van der Waals surface area (Å²) in [5.41, 5.74) is 8.13. The summed E-state index contributed by atoms with van der Waals surface area (Å²) >= 11 is 3.59. The second kappa shape index (κ2) is 13.4. The van der Waals surface area contributed by atoms with Crippen LogP contribution >= 0.6 is 22.7 Å². The summed E-state index contributed by atoms with van der Waals surface area (Å²) in [6.45, 7) is 10.1. The Bertz CT molecular complexity index is 3160. The first-order valence-corrected chi connectivity index (χ1v) is 21.7. The van der Waals surface area contributed by atoms with Crippen molar-refractivity contribution in [3.8, 4) is 38.1 Å². The predicted molar refractivity (Wildman–Crippen MR) is 237 cm³/mol. The Labute approximate surface area is 355 Å². The zero-order valence-corrected chi connectivity index (χ0v) is 36.0. The minimum Gasteiger partial charge on any atom is -0.548 e. The molecule has 0 N–H and O–H groups in total. The fourth-order valence-corrected chi connectivity index (χ4v) is 12.3. The molecule has 0 radical (unpaired) electrons. The molecule has 11 heteroatoms. The summed E-state index contributed by atoms with van der Waals surface area (Å²) in [7, 11) is 4.29. The molecule has 0 saturated carbocycles. The fourth-order valence-electron chi connectivity index (χ4n) is 9.52. The maximum atomic E-state index is 11.8. The number of aliphatic carboxylic acids is 2. The van der Waals surface area contributed by atoms with E-state index in [9.17, 15) is 19.8 Å².